The quantitative estimate of drug-likeness (QED) is 0.417. The standard InChI is InChI=1S/C24H20ClN7O/c1-14-5-4-6-20(16(14)3)31-22-19(12-28-31)23(27-13-26-22)32-21(11-15(2)30-32)29-24(33)17-7-9-18(25)10-8-17/h4-13H,1-3H3,(H,29,33). The summed E-state index contributed by atoms with van der Waals surface area (Å²) in [4.78, 5) is 21.7. The maximum absolute atomic E-state index is 12.8. The van der Waals surface area contributed by atoms with Crippen LogP contribution in [-0.2, 0) is 0 Å². The normalized spacial score (nSPS) is 11.2. The van der Waals surface area contributed by atoms with Gasteiger partial charge >= 0.3 is 0 Å². The molecule has 9 heteroatoms. The fraction of sp³-hybridized carbons (Fsp3) is 0.125. The van der Waals surface area contributed by atoms with E-state index in [1.807, 2.05) is 19.1 Å². The molecule has 2 aromatic carbocycles. The number of rotatable bonds is 4. The van der Waals surface area contributed by atoms with Crippen LogP contribution in [0.4, 0.5) is 5.82 Å². The third kappa shape index (κ3) is 3.74. The monoisotopic (exact) mass is 457 g/mol. The van der Waals surface area contributed by atoms with Crippen molar-refractivity contribution < 1.29 is 4.79 Å². The Morgan fingerprint density at radius 1 is 1.00 bits per heavy atom. The molecule has 1 amide bonds. The van der Waals surface area contributed by atoms with E-state index in [0.29, 0.717) is 33.3 Å². The lowest BCUT2D eigenvalue weighted by Gasteiger charge is -2.11. The first-order valence-corrected chi connectivity index (χ1v) is 10.7. The lowest BCUT2D eigenvalue weighted by atomic mass is 10.1. The molecule has 3 heterocycles. The number of anilines is 1. The molecule has 0 aliphatic rings. The molecule has 0 unspecified atom stereocenters. The van der Waals surface area contributed by atoms with Crippen molar-refractivity contribution in [3.05, 3.63) is 88.5 Å². The van der Waals surface area contributed by atoms with Gasteiger partial charge in [0.2, 0.25) is 0 Å². The maximum atomic E-state index is 12.8. The minimum absolute atomic E-state index is 0.274. The van der Waals surface area contributed by atoms with E-state index in [4.69, 9.17) is 11.6 Å². The van der Waals surface area contributed by atoms with Crippen molar-refractivity contribution >= 4 is 34.4 Å². The first-order chi connectivity index (χ1) is 15.9. The molecule has 0 spiro atoms. The van der Waals surface area contributed by atoms with Gasteiger partial charge in [-0.15, -0.1) is 0 Å². The van der Waals surface area contributed by atoms with Gasteiger partial charge in [-0.1, -0.05) is 23.7 Å². The van der Waals surface area contributed by atoms with E-state index in [2.05, 4.69) is 45.4 Å². The van der Waals surface area contributed by atoms with Crippen LogP contribution >= 0.6 is 11.6 Å². The number of hydrogen-bond donors (Lipinski definition) is 1. The van der Waals surface area contributed by atoms with Gasteiger partial charge in [0.25, 0.3) is 5.91 Å². The van der Waals surface area contributed by atoms with Gasteiger partial charge < -0.3 is 5.32 Å². The number of aromatic nitrogens is 6. The number of carbonyl (C=O) groups excluding carboxylic acids is 1. The molecular weight excluding hydrogens is 438 g/mol. The average molecular weight is 458 g/mol. The minimum Gasteiger partial charge on any atom is -0.306 e. The Balaban J connectivity index is 1.58. The first-order valence-electron chi connectivity index (χ1n) is 10.3. The van der Waals surface area contributed by atoms with Gasteiger partial charge in [0.1, 0.15) is 12.1 Å². The Labute approximate surface area is 194 Å². The van der Waals surface area contributed by atoms with Crippen molar-refractivity contribution in [1.82, 2.24) is 29.5 Å². The van der Waals surface area contributed by atoms with E-state index in [0.717, 1.165) is 16.9 Å². The van der Waals surface area contributed by atoms with Crippen LogP contribution in [0.25, 0.3) is 22.5 Å². The Morgan fingerprint density at radius 2 is 1.79 bits per heavy atom. The molecular formula is C24H20ClN7O. The Hall–Kier alpha value is -4.04. The highest BCUT2D eigenvalue weighted by Crippen LogP contribution is 2.26. The number of benzene rings is 2. The van der Waals surface area contributed by atoms with Gasteiger partial charge in [-0.3, -0.25) is 4.79 Å². The molecule has 0 saturated heterocycles. The van der Waals surface area contributed by atoms with E-state index in [9.17, 15) is 4.79 Å². The van der Waals surface area contributed by atoms with Crippen LogP contribution in [0, 0.1) is 20.8 Å². The van der Waals surface area contributed by atoms with Gasteiger partial charge in [-0.2, -0.15) is 14.9 Å². The van der Waals surface area contributed by atoms with Crippen LogP contribution in [0.15, 0.2) is 61.1 Å². The lowest BCUT2D eigenvalue weighted by Crippen LogP contribution is -2.15. The predicted octanol–water partition coefficient (Wildman–Crippen LogP) is 4.83. The van der Waals surface area contributed by atoms with Crippen molar-refractivity contribution in [2.45, 2.75) is 20.8 Å². The van der Waals surface area contributed by atoms with Crippen molar-refractivity contribution in [2.75, 3.05) is 5.32 Å². The summed E-state index contributed by atoms with van der Waals surface area (Å²) in [6.07, 6.45) is 3.19. The fourth-order valence-electron chi connectivity index (χ4n) is 3.68. The van der Waals surface area contributed by atoms with Crippen molar-refractivity contribution in [2.24, 2.45) is 0 Å². The number of fused-ring (bicyclic) bond motifs is 1. The summed E-state index contributed by atoms with van der Waals surface area (Å²) in [6, 6.07) is 14.5. The van der Waals surface area contributed by atoms with E-state index >= 15 is 0 Å². The van der Waals surface area contributed by atoms with E-state index < -0.39 is 0 Å². The summed E-state index contributed by atoms with van der Waals surface area (Å²) in [5.74, 6) is 0.743. The zero-order chi connectivity index (χ0) is 23.1. The third-order valence-electron chi connectivity index (χ3n) is 5.53. The highest BCUT2D eigenvalue weighted by atomic mass is 35.5. The predicted molar refractivity (Wildman–Crippen MR) is 127 cm³/mol. The zero-order valence-corrected chi connectivity index (χ0v) is 19.0. The lowest BCUT2D eigenvalue weighted by molar-refractivity contribution is 0.102. The topological polar surface area (TPSA) is 90.5 Å². The summed E-state index contributed by atoms with van der Waals surface area (Å²) in [5.41, 5.74) is 5.10. The number of carbonyl (C=O) groups is 1. The largest absolute Gasteiger partial charge is 0.306 e. The van der Waals surface area contributed by atoms with Crippen LogP contribution in [0.5, 0.6) is 0 Å². The van der Waals surface area contributed by atoms with Gasteiger partial charge in [0.15, 0.2) is 11.5 Å². The third-order valence-corrected chi connectivity index (χ3v) is 5.78. The number of amides is 1. The first kappa shape index (κ1) is 20.8. The summed E-state index contributed by atoms with van der Waals surface area (Å²) < 4.78 is 3.40. The van der Waals surface area contributed by atoms with Gasteiger partial charge in [-0.05, 0) is 62.2 Å². The second-order valence-corrected chi connectivity index (χ2v) is 8.19. The molecule has 0 bridgehead atoms. The van der Waals surface area contributed by atoms with Crippen LogP contribution in [0.1, 0.15) is 27.2 Å². The molecule has 0 saturated carbocycles. The molecule has 0 aliphatic carbocycles. The van der Waals surface area contributed by atoms with E-state index in [1.54, 1.807) is 45.9 Å². The fourth-order valence-corrected chi connectivity index (χ4v) is 3.81. The number of hydrogen-bond acceptors (Lipinski definition) is 5. The molecule has 33 heavy (non-hydrogen) atoms. The molecule has 3 aromatic heterocycles. The summed E-state index contributed by atoms with van der Waals surface area (Å²) in [7, 11) is 0. The number of nitrogens with one attached hydrogen (secondary N) is 1. The number of aryl methyl sites for hydroxylation is 2. The molecule has 0 radical (unpaired) electrons. The van der Waals surface area contributed by atoms with Crippen LogP contribution in [0.3, 0.4) is 0 Å². The maximum Gasteiger partial charge on any atom is 0.256 e. The molecule has 5 aromatic rings. The molecule has 5 rings (SSSR count). The molecule has 1 N–H and O–H groups in total. The van der Waals surface area contributed by atoms with Gasteiger partial charge in [0.05, 0.1) is 23.0 Å². The number of halogens is 1. The molecule has 0 atom stereocenters. The van der Waals surface area contributed by atoms with E-state index in [-0.39, 0.29) is 5.91 Å². The smallest absolute Gasteiger partial charge is 0.256 e. The Morgan fingerprint density at radius 3 is 2.58 bits per heavy atom. The highest BCUT2D eigenvalue weighted by molar-refractivity contribution is 6.30. The van der Waals surface area contributed by atoms with Gasteiger partial charge in [-0.25, -0.2) is 14.6 Å². The summed E-state index contributed by atoms with van der Waals surface area (Å²) >= 11 is 5.94. The van der Waals surface area contributed by atoms with Crippen LogP contribution in [-0.4, -0.2) is 35.4 Å². The molecule has 0 aliphatic heterocycles. The Bertz CT molecular complexity index is 1500. The molecule has 164 valence electrons. The molecule has 0 fully saturated rings. The van der Waals surface area contributed by atoms with Crippen LogP contribution in [0.2, 0.25) is 5.02 Å². The number of nitrogens with zero attached hydrogens (tertiary/aromatic N) is 6. The Kier molecular flexibility index (Phi) is 5.14. The van der Waals surface area contributed by atoms with Gasteiger partial charge in [0, 0.05) is 16.7 Å². The second kappa shape index (κ2) is 8.14. The van der Waals surface area contributed by atoms with Crippen molar-refractivity contribution in [1.29, 1.82) is 0 Å². The molecule has 8 nitrogen and oxygen atoms in total. The van der Waals surface area contributed by atoms with Crippen molar-refractivity contribution in [3.8, 4) is 11.5 Å². The van der Waals surface area contributed by atoms with Crippen LogP contribution < -0.4 is 5.32 Å². The second-order valence-electron chi connectivity index (χ2n) is 7.75. The summed E-state index contributed by atoms with van der Waals surface area (Å²) in [5, 5.41) is 13.3. The average Bonchev–Trinajstić information content (AvgIpc) is 3.39. The van der Waals surface area contributed by atoms with E-state index in [1.165, 1.54) is 11.9 Å². The minimum atomic E-state index is -0.274. The summed E-state index contributed by atoms with van der Waals surface area (Å²) in [6.45, 7) is 5.97. The van der Waals surface area contributed by atoms with Crippen molar-refractivity contribution in [3.63, 3.8) is 0 Å². The SMILES string of the molecule is Cc1cc(NC(=O)c2ccc(Cl)cc2)n(-c2ncnc3c2cnn3-c2cccc(C)c2C)n1. The zero-order valence-electron chi connectivity index (χ0n) is 18.2. The highest BCUT2D eigenvalue weighted by Gasteiger charge is 2.19.